The van der Waals surface area contributed by atoms with E-state index < -0.39 is 0 Å². The monoisotopic (exact) mass is 380 g/mol. The van der Waals surface area contributed by atoms with Crippen LogP contribution in [0.3, 0.4) is 0 Å². The zero-order valence-electron chi connectivity index (χ0n) is 19.2. The molecule has 0 fully saturated rings. The van der Waals surface area contributed by atoms with Crippen LogP contribution >= 0.6 is 0 Å². The lowest BCUT2D eigenvalue weighted by molar-refractivity contribution is -0.119. The number of rotatable bonds is 23. The molecule has 0 bridgehead atoms. The summed E-state index contributed by atoms with van der Waals surface area (Å²) in [7, 11) is 0. The van der Waals surface area contributed by atoms with Gasteiger partial charge in [-0.05, 0) is 12.8 Å². The summed E-state index contributed by atoms with van der Waals surface area (Å²) >= 11 is 0. The SMILES string of the molecule is CCCCCCCCCCCCCCCCCCC(=O)CCCCCCC. The van der Waals surface area contributed by atoms with Crippen molar-refractivity contribution >= 4 is 5.78 Å². The van der Waals surface area contributed by atoms with Crippen molar-refractivity contribution in [3.8, 4) is 0 Å². The highest BCUT2D eigenvalue weighted by Crippen LogP contribution is 2.14. The first-order valence-electron chi connectivity index (χ1n) is 12.8. The lowest BCUT2D eigenvalue weighted by Gasteiger charge is -2.04. The van der Waals surface area contributed by atoms with Gasteiger partial charge in [0.15, 0.2) is 0 Å². The largest absolute Gasteiger partial charge is 0.300 e. The summed E-state index contributed by atoms with van der Waals surface area (Å²) in [5, 5.41) is 0. The summed E-state index contributed by atoms with van der Waals surface area (Å²) in [6, 6.07) is 0. The highest BCUT2D eigenvalue weighted by atomic mass is 16.1. The van der Waals surface area contributed by atoms with Crippen LogP contribution in [0.4, 0.5) is 0 Å². The number of unbranched alkanes of at least 4 members (excludes halogenated alkanes) is 19. The zero-order valence-corrected chi connectivity index (χ0v) is 19.2. The first-order chi connectivity index (χ1) is 13.3. The topological polar surface area (TPSA) is 17.1 Å². The molecule has 0 heterocycles. The van der Waals surface area contributed by atoms with E-state index in [1.165, 1.54) is 122 Å². The maximum absolute atomic E-state index is 11.8. The Morgan fingerprint density at radius 3 is 0.852 bits per heavy atom. The molecule has 1 heteroatoms. The average molecular weight is 381 g/mol. The first-order valence-corrected chi connectivity index (χ1v) is 12.8. The molecule has 0 aromatic heterocycles. The van der Waals surface area contributed by atoms with Crippen molar-refractivity contribution in [2.24, 2.45) is 0 Å². The van der Waals surface area contributed by atoms with E-state index >= 15 is 0 Å². The van der Waals surface area contributed by atoms with Crippen LogP contribution in [0.1, 0.15) is 162 Å². The number of carbonyl (C=O) groups excluding carboxylic acids is 1. The number of ketones is 1. The van der Waals surface area contributed by atoms with Crippen molar-refractivity contribution in [1.29, 1.82) is 0 Å². The van der Waals surface area contributed by atoms with Crippen molar-refractivity contribution < 1.29 is 4.79 Å². The standard InChI is InChI=1S/C26H52O/c1-3-5-7-9-10-11-12-13-14-15-16-17-18-19-21-23-25-26(27)24-22-20-8-6-4-2/h3-25H2,1-2H3. The lowest BCUT2D eigenvalue weighted by Crippen LogP contribution is -1.97. The van der Waals surface area contributed by atoms with Gasteiger partial charge in [-0.25, -0.2) is 0 Å². The predicted molar refractivity (Wildman–Crippen MR) is 123 cm³/mol. The first kappa shape index (κ1) is 26.7. The van der Waals surface area contributed by atoms with Crippen LogP contribution in [0.2, 0.25) is 0 Å². The summed E-state index contributed by atoms with van der Waals surface area (Å²) < 4.78 is 0. The molecule has 0 amide bonds. The van der Waals surface area contributed by atoms with Crippen molar-refractivity contribution in [3.05, 3.63) is 0 Å². The molecule has 0 aliphatic rings. The fraction of sp³-hybridized carbons (Fsp3) is 0.962. The third-order valence-electron chi connectivity index (χ3n) is 5.87. The van der Waals surface area contributed by atoms with Gasteiger partial charge in [0.2, 0.25) is 0 Å². The minimum Gasteiger partial charge on any atom is -0.300 e. The normalized spacial score (nSPS) is 11.2. The molecule has 162 valence electrons. The van der Waals surface area contributed by atoms with Gasteiger partial charge in [0.1, 0.15) is 5.78 Å². The third-order valence-corrected chi connectivity index (χ3v) is 5.87. The number of Topliss-reactive ketones (excluding diaryl/α,β-unsaturated/α-hetero) is 1. The number of hydrogen-bond acceptors (Lipinski definition) is 1. The molecule has 0 unspecified atom stereocenters. The molecule has 27 heavy (non-hydrogen) atoms. The van der Waals surface area contributed by atoms with Crippen molar-refractivity contribution in [2.75, 3.05) is 0 Å². The van der Waals surface area contributed by atoms with Crippen LogP contribution in [0, 0.1) is 0 Å². The van der Waals surface area contributed by atoms with Gasteiger partial charge in [0.05, 0.1) is 0 Å². The van der Waals surface area contributed by atoms with E-state index in [-0.39, 0.29) is 0 Å². The Labute approximate surface area is 172 Å². The minimum atomic E-state index is 0.511. The fourth-order valence-electron chi connectivity index (χ4n) is 3.92. The molecule has 0 N–H and O–H groups in total. The molecular formula is C26H52O. The number of hydrogen-bond donors (Lipinski definition) is 0. The van der Waals surface area contributed by atoms with Crippen LogP contribution < -0.4 is 0 Å². The summed E-state index contributed by atoms with van der Waals surface area (Å²) in [6.45, 7) is 4.53. The van der Waals surface area contributed by atoms with E-state index in [1.54, 1.807) is 0 Å². The van der Waals surface area contributed by atoms with E-state index in [2.05, 4.69) is 13.8 Å². The Bertz CT molecular complexity index is 284. The molecule has 0 radical (unpaired) electrons. The second-order valence-electron chi connectivity index (χ2n) is 8.76. The summed E-state index contributed by atoms with van der Waals surface area (Å²) in [5.41, 5.74) is 0. The van der Waals surface area contributed by atoms with Crippen LogP contribution in [0.5, 0.6) is 0 Å². The quantitative estimate of drug-likeness (QED) is 0.161. The molecule has 0 spiro atoms. The van der Waals surface area contributed by atoms with Gasteiger partial charge in [-0.15, -0.1) is 0 Å². The summed E-state index contributed by atoms with van der Waals surface area (Å²) in [6.07, 6.45) is 30.3. The molecule has 0 atom stereocenters. The van der Waals surface area contributed by atoms with Crippen LogP contribution in [0.25, 0.3) is 0 Å². The maximum atomic E-state index is 11.8. The van der Waals surface area contributed by atoms with Crippen LogP contribution in [-0.2, 0) is 4.79 Å². The third kappa shape index (κ3) is 23.6. The Morgan fingerprint density at radius 2 is 0.593 bits per heavy atom. The van der Waals surface area contributed by atoms with Crippen LogP contribution in [0.15, 0.2) is 0 Å². The highest BCUT2D eigenvalue weighted by molar-refractivity contribution is 5.78. The Hall–Kier alpha value is -0.330. The lowest BCUT2D eigenvalue weighted by atomic mass is 10.0. The van der Waals surface area contributed by atoms with E-state index in [0.29, 0.717) is 5.78 Å². The van der Waals surface area contributed by atoms with Gasteiger partial charge in [0, 0.05) is 12.8 Å². The Kier molecular flexibility index (Phi) is 23.4. The van der Waals surface area contributed by atoms with Crippen molar-refractivity contribution in [2.45, 2.75) is 162 Å². The van der Waals surface area contributed by atoms with E-state index in [0.717, 1.165) is 25.7 Å². The summed E-state index contributed by atoms with van der Waals surface area (Å²) in [4.78, 5) is 11.8. The minimum absolute atomic E-state index is 0.511. The number of carbonyl (C=O) groups is 1. The Balaban J connectivity index is 3.09. The van der Waals surface area contributed by atoms with Crippen molar-refractivity contribution in [3.63, 3.8) is 0 Å². The molecule has 0 saturated carbocycles. The molecule has 0 aliphatic heterocycles. The van der Waals surface area contributed by atoms with Gasteiger partial charge in [0.25, 0.3) is 0 Å². The van der Waals surface area contributed by atoms with Gasteiger partial charge in [-0.3, -0.25) is 4.79 Å². The fourth-order valence-corrected chi connectivity index (χ4v) is 3.92. The van der Waals surface area contributed by atoms with Gasteiger partial charge < -0.3 is 0 Å². The Morgan fingerprint density at radius 1 is 0.370 bits per heavy atom. The molecule has 0 rings (SSSR count). The summed E-state index contributed by atoms with van der Waals surface area (Å²) in [5.74, 6) is 0.511. The maximum Gasteiger partial charge on any atom is 0.132 e. The zero-order chi connectivity index (χ0) is 19.8. The van der Waals surface area contributed by atoms with Crippen LogP contribution in [-0.4, -0.2) is 5.78 Å². The molecule has 0 saturated heterocycles. The van der Waals surface area contributed by atoms with E-state index in [4.69, 9.17) is 0 Å². The van der Waals surface area contributed by atoms with Gasteiger partial charge in [-0.2, -0.15) is 0 Å². The molecule has 1 nitrogen and oxygen atoms in total. The van der Waals surface area contributed by atoms with E-state index in [9.17, 15) is 4.79 Å². The molecule has 0 aliphatic carbocycles. The highest BCUT2D eigenvalue weighted by Gasteiger charge is 2.01. The molecule has 0 aromatic carbocycles. The second-order valence-corrected chi connectivity index (χ2v) is 8.76. The second kappa shape index (κ2) is 23.7. The predicted octanol–water partition coefficient (Wildman–Crippen LogP) is 9.57. The van der Waals surface area contributed by atoms with Gasteiger partial charge in [-0.1, -0.05) is 136 Å². The average Bonchev–Trinajstić information content (AvgIpc) is 2.67. The van der Waals surface area contributed by atoms with Crippen molar-refractivity contribution in [1.82, 2.24) is 0 Å². The van der Waals surface area contributed by atoms with Gasteiger partial charge >= 0.3 is 0 Å². The molecular weight excluding hydrogens is 328 g/mol. The smallest absolute Gasteiger partial charge is 0.132 e. The van der Waals surface area contributed by atoms with E-state index in [1.807, 2.05) is 0 Å². The molecule has 0 aromatic rings.